The number of carbonyl (C=O) groups excluding carboxylic acids is 1. The molecule has 0 unspecified atom stereocenters. The number of amides is 1. The molecule has 6 nitrogen and oxygen atoms in total. The zero-order chi connectivity index (χ0) is 14.3. The van der Waals surface area contributed by atoms with Crippen LogP contribution in [0.2, 0.25) is 0 Å². The highest BCUT2D eigenvalue weighted by Gasteiger charge is 2.29. The van der Waals surface area contributed by atoms with E-state index in [0.717, 1.165) is 0 Å². The van der Waals surface area contributed by atoms with Crippen molar-refractivity contribution in [1.29, 1.82) is 0 Å². The van der Waals surface area contributed by atoms with Crippen LogP contribution in [-0.2, 0) is 14.4 Å². The van der Waals surface area contributed by atoms with Crippen molar-refractivity contribution in [3.8, 4) is 0 Å². The van der Waals surface area contributed by atoms with Gasteiger partial charge in [-0.15, -0.1) is 0 Å². The lowest BCUT2D eigenvalue weighted by atomic mass is 10.1. The van der Waals surface area contributed by atoms with Crippen molar-refractivity contribution >= 4 is 17.8 Å². The van der Waals surface area contributed by atoms with Gasteiger partial charge in [-0.3, -0.25) is 9.59 Å². The van der Waals surface area contributed by atoms with Crippen molar-refractivity contribution in [2.45, 2.75) is 37.9 Å². The first kappa shape index (κ1) is 16.2. The number of carbonyl (C=O) groups is 3. The first-order valence-corrected chi connectivity index (χ1v) is 4.92. The lowest BCUT2D eigenvalue weighted by molar-refractivity contribution is -0.147. The van der Waals surface area contributed by atoms with Crippen molar-refractivity contribution in [3.05, 3.63) is 0 Å². The van der Waals surface area contributed by atoms with Crippen molar-refractivity contribution in [1.82, 2.24) is 5.32 Å². The van der Waals surface area contributed by atoms with Crippen LogP contribution < -0.4 is 5.32 Å². The van der Waals surface area contributed by atoms with Gasteiger partial charge in [-0.25, -0.2) is 4.79 Å². The lowest BCUT2D eigenvalue weighted by Crippen LogP contribution is -2.41. The molecule has 0 aliphatic carbocycles. The molecular formula is C9H12F3NO5. The van der Waals surface area contributed by atoms with Crippen LogP contribution in [0.1, 0.15) is 25.7 Å². The number of carboxylic acids is 2. The third-order valence-electron chi connectivity index (χ3n) is 1.92. The number of aliphatic carboxylic acids is 2. The second-order valence-electron chi connectivity index (χ2n) is 3.51. The quantitative estimate of drug-likeness (QED) is 0.634. The van der Waals surface area contributed by atoms with Crippen LogP contribution in [-0.4, -0.2) is 40.3 Å². The van der Waals surface area contributed by atoms with Gasteiger partial charge in [0.2, 0.25) is 5.91 Å². The SMILES string of the molecule is O=C(O)CC[C@H](NC(=O)CCC(F)(F)F)C(=O)O. The fraction of sp³-hybridized carbons (Fsp3) is 0.667. The van der Waals surface area contributed by atoms with Gasteiger partial charge in [-0.1, -0.05) is 0 Å². The molecule has 0 saturated heterocycles. The number of rotatable bonds is 7. The number of hydrogen-bond donors (Lipinski definition) is 3. The average molecular weight is 271 g/mol. The molecule has 1 amide bonds. The smallest absolute Gasteiger partial charge is 0.389 e. The third-order valence-corrected chi connectivity index (χ3v) is 1.92. The molecule has 0 heterocycles. The zero-order valence-corrected chi connectivity index (χ0v) is 9.16. The Hall–Kier alpha value is -1.80. The molecule has 3 N–H and O–H groups in total. The topological polar surface area (TPSA) is 104 Å². The Morgan fingerprint density at radius 2 is 1.67 bits per heavy atom. The second kappa shape index (κ2) is 6.82. The van der Waals surface area contributed by atoms with Gasteiger partial charge in [-0.05, 0) is 6.42 Å². The second-order valence-corrected chi connectivity index (χ2v) is 3.51. The van der Waals surface area contributed by atoms with E-state index in [9.17, 15) is 27.6 Å². The predicted molar refractivity (Wildman–Crippen MR) is 51.7 cm³/mol. The Balaban J connectivity index is 4.20. The van der Waals surface area contributed by atoms with E-state index in [1.165, 1.54) is 0 Å². The molecule has 1 atom stereocenters. The Bertz CT molecular complexity index is 329. The molecule has 9 heteroatoms. The molecule has 0 aromatic heterocycles. The minimum absolute atomic E-state index is 0.386. The van der Waals surface area contributed by atoms with Crippen LogP contribution in [0.3, 0.4) is 0 Å². The average Bonchev–Trinajstić information content (AvgIpc) is 2.19. The third kappa shape index (κ3) is 8.36. The number of carboxylic acid groups (broad SMARTS) is 2. The fourth-order valence-electron chi connectivity index (χ4n) is 1.05. The van der Waals surface area contributed by atoms with Crippen LogP contribution in [0.4, 0.5) is 13.2 Å². The normalized spacial score (nSPS) is 12.8. The summed E-state index contributed by atoms with van der Waals surface area (Å²) in [6.45, 7) is 0. The molecule has 0 rings (SSSR count). The highest BCUT2D eigenvalue weighted by Crippen LogP contribution is 2.21. The van der Waals surface area contributed by atoms with E-state index in [-0.39, 0.29) is 6.42 Å². The van der Waals surface area contributed by atoms with Crippen LogP contribution in [0.5, 0.6) is 0 Å². The lowest BCUT2D eigenvalue weighted by Gasteiger charge is -2.13. The maximum atomic E-state index is 11.8. The van der Waals surface area contributed by atoms with E-state index in [2.05, 4.69) is 0 Å². The van der Waals surface area contributed by atoms with E-state index in [4.69, 9.17) is 10.2 Å². The van der Waals surface area contributed by atoms with Gasteiger partial charge in [0, 0.05) is 12.8 Å². The maximum Gasteiger partial charge on any atom is 0.389 e. The molecule has 0 aliphatic rings. The summed E-state index contributed by atoms with van der Waals surface area (Å²) in [6.07, 6.45) is -7.64. The first-order valence-electron chi connectivity index (χ1n) is 4.92. The van der Waals surface area contributed by atoms with Crippen molar-refractivity contribution in [2.24, 2.45) is 0 Å². The van der Waals surface area contributed by atoms with Gasteiger partial charge >= 0.3 is 18.1 Å². The minimum Gasteiger partial charge on any atom is -0.481 e. The van der Waals surface area contributed by atoms with Gasteiger partial charge in [0.05, 0.1) is 6.42 Å². The van der Waals surface area contributed by atoms with Crippen LogP contribution in [0, 0.1) is 0 Å². The van der Waals surface area contributed by atoms with Crippen molar-refractivity contribution in [3.63, 3.8) is 0 Å². The molecular weight excluding hydrogens is 259 g/mol. The Morgan fingerprint density at radius 1 is 1.11 bits per heavy atom. The Labute approximate surface area is 99.8 Å². The van der Waals surface area contributed by atoms with Gasteiger partial charge in [0.15, 0.2) is 0 Å². The molecule has 18 heavy (non-hydrogen) atoms. The molecule has 0 radical (unpaired) electrons. The molecule has 0 saturated carbocycles. The van der Waals surface area contributed by atoms with E-state index in [0.29, 0.717) is 0 Å². The molecule has 0 bridgehead atoms. The van der Waals surface area contributed by atoms with Gasteiger partial charge in [-0.2, -0.15) is 13.2 Å². The summed E-state index contributed by atoms with van der Waals surface area (Å²) in [5.41, 5.74) is 0. The van der Waals surface area contributed by atoms with Gasteiger partial charge in [0.25, 0.3) is 0 Å². The number of alkyl halides is 3. The zero-order valence-electron chi connectivity index (χ0n) is 9.16. The summed E-state index contributed by atoms with van der Waals surface area (Å²) >= 11 is 0. The van der Waals surface area contributed by atoms with Gasteiger partial charge < -0.3 is 15.5 Å². The fourth-order valence-corrected chi connectivity index (χ4v) is 1.05. The number of nitrogens with one attached hydrogen (secondary N) is 1. The van der Waals surface area contributed by atoms with E-state index in [1.807, 2.05) is 5.32 Å². The van der Waals surface area contributed by atoms with Crippen molar-refractivity contribution < 1.29 is 37.8 Å². The van der Waals surface area contributed by atoms with Crippen LogP contribution in [0.25, 0.3) is 0 Å². The monoisotopic (exact) mass is 271 g/mol. The molecule has 0 aromatic rings. The summed E-state index contributed by atoms with van der Waals surface area (Å²) in [5.74, 6) is -3.83. The number of hydrogen-bond acceptors (Lipinski definition) is 3. The predicted octanol–water partition coefficient (Wildman–Crippen LogP) is 0.763. The minimum atomic E-state index is -4.50. The van der Waals surface area contributed by atoms with E-state index < -0.39 is 49.3 Å². The highest BCUT2D eigenvalue weighted by molar-refractivity contribution is 5.83. The molecule has 0 aliphatic heterocycles. The summed E-state index contributed by atoms with van der Waals surface area (Å²) in [5, 5.41) is 18.8. The van der Waals surface area contributed by atoms with Crippen molar-refractivity contribution in [2.75, 3.05) is 0 Å². The summed E-state index contributed by atoms with van der Waals surface area (Å²) in [7, 11) is 0. The van der Waals surface area contributed by atoms with E-state index in [1.54, 1.807) is 0 Å². The van der Waals surface area contributed by atoms with Crippen LogP contribution in [0.15, 0.2) is 0 Å². The summed E-state index contributed by atoms with van der Waals surface area (Å²) in [6, 6.07) is -1.50. The van der Waals surface area contributed by atoms with Crippen LogP contribution >= 0.6 is 0 Å². The number of halogens is 3. The standard InChI is InChI=1S/C9H12F3NO5/c10-9(11,12)4-3-6(14)13-5(8(17)18)1-2-7(15)16/h5H,1-4H2,(H,13,14)(H,15,16)(H,17,18)/t5-/m0/s1. The molecule has 104 valence electrons. The summed E-state index contributed by atoms with van der Waals surface area (Å²) in [4.78, 5) is 31.9. The first-order chi connectivity index (χ1) is 8.11. The van der Waals surface area contributed by atoms with E-state index >= 15 is 0 Å². The molecule has 0 spiro atoms. The summed E-state index contributed by atoms with van der Waals surface area (Å²) < 4.78 is 35.4. The van der Waals surface area contributed by atoms with Gasteiger partial charge in [0.1, 0.15) is 6.04 Å². The molecule has 0 fully saturated rings. The molecule has 0 aromatic carbocycles. The highest BCUT2D eigenvalue weighted by atomic mass is 19.4. The Kier molecular flexibility index (Phi) is 6.14. The Morgan fingerprint density at radius 3 is 2.06 bits per heavy atom. The largest absolute Gasteiger partial charge is 0.481 e. The maximum absolute atomic E-state index is 11.8.